The van der Waals surface area contributed by atoms with Crippen LogP contribution in [0.5, 0.6) is 0 Å². The molecule has 0 aliphatic carbocycles. The van der Waals surface area contributed by atoms with Crippen molar-refractivity contribution in [1.82, 2.24) is 19.9 Å². The number of nitrogens with zero attached hydrogens (tertiary/aromatic N) is 3. The Morgan fingerprint density at radius 2 is 2.00 bits per heavy atom. The molecule has 0 atom stereocenters. The Bertz CT molecular complexity index is 732. The molecule has 1 aliphatic rings. The van der Waals surface area contributed by atoms with Gasteiger partial charge in [-0.1, -0.05) is 6.42 Å². The predicted molar refractivity (Wildman–Crippen MR) is 96.3 cm³/mol. The van der Waals surface area contributed by atoms with Gasteiger partial charge in [0.2, 0.25) is 0 Å². The van der Waals surface area contributed by atoms with Crippen molar-refractivity contribution in [2.45, 2.75) is 33.1 Å². The number of H-pyrrole nitrogens is 1. The van der Waals surface area contributed by atoms with Crippen molar-refractivity contribution in [2.24, 2.45) is 0 Å². The summed E-state index contributed by atoms with van der Waals surface area (Å²) < 4.78 is 0. The summed E-state index contributed by atoms with van der Waals surface area (Å²) >= 11 is 0. The van der Waals surface area contributed by atoms with Gasteiger partial charge < -0.3 is 15.2 Å². The molecule has 24 heavy (non-hydrogen) atoms. The van der Waals surface area contributed by atoms with Gasteiger partial charge in [-0.25, -0.2) is 9.97 Å². The highest BCUT2D eigenvalue weighted by atomic mass is 16.1. The second-order valence-electron chi connectivity index (χ2n) is 6.39. The Labute approximate surface area is 142 Å². The van der Waals surface area contributed by atoms with E-state index in [2.05, 4.69) is 25.2 Å². The lowest BCUT2D eigenvalue weighted by molar-refractivity contribution is 0.237. The van der Waals surface area contributed by atoms with Crippen LogP contribution in [0.25, 0.3) is 11.4 Å². The second-order valence-corrected chi connectivity index (χ2v) is 6.39. The lowest BCUT2D eigenvalue weighted by Crippen LogP contribution is -2.33. The minimum atomic E-state index is -0.0961. The Morgan fingerprint density at radius 3 is 2.67 bits per heavy atom. The molecule has 3 heterocycles. The summed E-state index contributed by atoms with van der Waals surface area (Å²) in [5.41, 5.74) is 2.12. The zero-order chi connectivity index (χ0) is 16.9. The van der Waals surface area contributed by atoms with E-state index in [0.29, 0.717) is 11.4 Å². The molecular formula is C18H25N5O. The van der Waals surface area contributed by atoms with Crippen molar-refractivity contribution < 1.29 is 0 Å². The first kappa shape index (κ1) is 16.6. The topological polar surface area (TPSA) is 73.9 Å². The molecular weight excluding hydrogens is 302 g/mol. The maximum Gasteiger partial charge on any atom is 0.254 e. The Kier molecular flexibility index (Phi) is 5.25. The van der Waals surface area contributed by atoms with Crippen LogP contribution in [0.15, 0.2) is 23.1 Å². The highest BCUT2D eigenvalue weighted by Gasteiger charge is 2.09. The van der Waals surface area contributed by atoms with Gasteiger partial charge in [0.25, 0.3) is 5.56 Å². The van der Waals surface area contributed by atoms with Gasteiger partial charge in [-0.3, -0.25) is 4.79 Å². The summed E-state index contributed by atoms with van der Waals surface area (Å²) in [4.78, 5) is 26.0. The Hall–Kier alpha value is -2.21. The second kappa shape index (κ2) is 7.57. The van der Waals surface area contributed by atoms with Crippen LogP contribution >= 0.6 is 0 Å². The number of aromatic amines is 1. The third-order valence-electron chi connectivity index (χ3n) is 4.61. The van der Waals surface area contributed by atoms with E-state index in [1.54, 1.807) is 13.1 Å². The van der Waals surface area contributed by atoms with E-state index < -0.39 is 0 Å². The molecule has 6 nitrogen and oxygen atoms in total. The number of aromatic nitrogens is 3. The standard InChI is InChI=1S/C18H25N5O/c1-13-14(2)21-17(22-18(13)24)15-6-7-16(20-12-15)19-8-11-23-9-4-3-5-10-23/h6-7,12H,3-5,8-11H2,1-2H3,(H,19,20)(H,21,22,24). The lowest BCUT2D eigenvalue weighted by atomic mass is 10.1. The van der Waals surface area contributed by atoms with Gasteiger partial charge in [-0.15, -0.1) is 0 Å². The zero-order valence-electron chi connectivity index (χ0n) is 14.4. The molecule has 6 heteroatoms. The molecule has 1 fully saturated rings. The van der Waals surface area contributed by atoms with E-state index in [0.717, 1.165) is 30.2 Å². The number of hydrogen-bond acceptors (Lipinski definition) is 5. The molecule has 0 aromatic carbocycles. The Morgan fingerprint density at radius 1 is 1.21 bits per heavy atom. The van der Waals surface area contributed by atoms with E-state index in [9.17, 15) is 4.79 Å². The number of pyridine rings is 1. The van der Waals surface area contributed by atoms with Crippen LogP contribution in [-0.2, 0) is 0 Å². The van der Waals surface area contributed by atoms with E-state index in [1.807, 2.05) is 19.1 Å². The van der Waals surface area contributed by atoms with Gasteiger partial charge >= 0.3 is 0 Å². The molecule has 3 rings (SSSR count). The molecule has 128 valence electrons. The zero-order valence-corrected chi connectivity index (χ0v) is 14.4. The summed E-state index contributed by atoms with van der Waals surface area (Å²) in [6.07, 6.45) is 5.74. The predicted octanol–water partition coefficient (Wildman–Crippen LogP) is 2.35. The number of likely N-dealkylation sites (tertiary alicyclic amines) is 1. The molecule has 2 aromatic heterocycles. The SMILES string of the molecule is Cc1nc(-c2ccc(NCCN3CCCCC3)nc2)[nH]c(=O)c1C. The maximum atomic E-state index is 11.9. The van der Waals surface area contributed by atoms with Gasteiger partial charge in [0.1, 0.15) is 11.6 Å². The van der Waals surface area contributed by atoms with E-state index >= 15 is 0 Å². The first-order chi connectivity index (χ1) is 11.6. The van der Waals surface area contributed by atoms with Crippen molar-refractivity contribution in [1.29, 1.82) is 0 Å². The summed E-state index contributed by atoms with van der Waals surface area (Å²) in [7, 11) is 0. The highest BCUT2D eigenvalue weighted by molar-refractivity contribution is 5.56. The maximum absolute atomic E-state index is 11.9. The third kappa shape index (κ3) is 4.00. The van der Waals surface area contributed by atoms with Gasteiger partial charge in [0.15, 0.2) is 0 Å². The largest absolute Gasteiger partial charge is 0.369 e. The van der Waals surface area contributed by atoms with Crippen LogP contribution in [0.2, 0.25) is 0 Å². The van der Waals surface area contributed by atoms with Crippen LogP contribution in [0.4, 0.5) is 5.82 Å². The molecule has 2 aromatic rings. The van der Waals surface area contributed by atoms with Crippen molar-refractivity contribution in [3.8, 4) is 11.4 Å². The van der Waals surface area contributed by atoms with Crippen LogP contribution in [-0.4, -0.2) is 46.0 Å². The van der Waals surface area contributed by atoms with Gasteiger partial charge in [-0.2, -0.15) is 0 Å². The first-order valence-corrected chi connectivity index (χ1v) is 8.63. The molecule has 0 amide bonds. The fourth-order valence-corrected chi connectivity index (χ4v) is 2.95. The van der Waals surface area contributed by atoms with E-state index in [-0.39, 0.29) is 5.56 Å². The fraction of sp³-hybridized carbons (Fsp3) is 0.500. The average molecular weight is 327 g/mol. The Balaban J connectivity index is 1.60. The van der Waals surface area contributed by atoms with Gasteiger partial charge in [0.05, 0.1) is 0 Å². The summed E-state index contributed by atoms with van der Waals surface area (Å²) in [5, 5.41) is 3.36. The van der Waals surface area contributed by atoms with E-state index in [1.165, 1.54) is 32.4 Å². The normalized spacial score (nSPS) is 15.4. The molecule has 1 aliphatic heterocycles. The summed E-state index contributed by atoms with van der Waals surface area (Å²) in [6.45, 7) is 7.98. The highest BCUT2D eigenvalue weighted by Crippen LogP contribution is 2.15. The van der Waals surface area contributed by atoms with Gasteiger partial charge in [-0.05, 0) is 51.9 Å². The number of anilines is 1. The molecule has 0 bridgehead atoms. The molecule has 2 N–H and O–H groups in total. The molecule has 0 spiro atoms. The first-order valence-electron chi connectivity index (χ1n) is 8.63. The molecule has 1 saturated heterocycles. The van der Waals surface area contributed by atoms with Crippen molar-refractivity contribution >= 4 is 5.82 Å². The van der Waals surface area contributed by atoms with Gasteiger partial charge in [0, 0.05) is 36.1 Å². The smallest absolute Gasteiger partial charge is 0.254 e. The van der Waals surface area contributed by atoms with Crippen molar-refractivity contribution in [3.05, 3.63) is 39.9 Å². The number of nitrogens with one attached hydrogen (secondary N) is 2. The molecule has 0 saturated carbocycles. The molecule has 0 unspecified atom stereocenters. The van der Waals surface area contributed by atoms with Crippen molar-refractivity contribution in [2.75, 3.05) is 31.5 Å². The monoisotopic (exact) mass is 327 g/mol. The number of hydrogen-bond donors (Lipinski definition) is 2. The van der Waals surface area contributed by atoms with E-state index in [4.69, 9.17) is 0 Å². The third-order valence-corrected chi connectivity index (χ3v) is 4.61. The quantitative estimate of drug-likeness (QED) is 0.882. The fourth-order valence-electron chi connectivity index (χ4n) is 2.95. The number of aryl methyl sites for hydroxylation is 1. The summed E-state index contributed by atoms with van der Waals surface area (Å²) in [6, 6.07) is 3.87. The van der Waals surface area contributed by atoms with Crippen molar-refractivity contribution in [3.63, 3.8) is 0 Å². The minimum Gasteiger partial charge on any atom is -0.369 e. The van der Waals surface area contributed by atoms with Crippen LogP contribution < -0.4 is 10.9 Å². The number of rotatable bonds is 5. The van der Waals surface area contributed by atoms with Crippen LogP contribution in [0.3, 0.4) is 0 Å². The summed E-state index contributed by atoms with van der Waals surface area (Å²) in [5.74, 6) is 1.41. The average Bonchev–Trinajstić information content (AvgIpc) is 2.61. The van der Waals surface area contributed by atoms with Crippen LogP contribution in [0.1, 0.15) is 30.5 Å². The lowest BCUT2D eigenvalue weighted by Gasteiger charge is -2.26. The molecule has 0 radical (unpaired) electrons. The van der Waals surface area contributed by atoms with Crippen LogP contribution in [0, 0.1) is 13.8 Å². The minimum absolute atomic E-state index is 0.0961. The number of piperidine rings is 1.